The second-order valence-corrected chi connectivity index (χ2v) is 5.45. The number of aromatic nitrogens is 1. The molecule has 1 aliphatic rings. The van der Waals surface area contributed by atoms with Gasteiger partial charge in [0, 0.05) is 32.4 Å². The van der Waals surface area contributed by atoms with Crippen LogP contribution in [0.2, 0.25) is 0 Å². The lowest BCUT2D eigenvalue weighted by molar-refractivity contribution is 0.0730. The number of ether oxygens (including phenoxy) is 1. The summed E-state index contributed by atoms with van der Waals surface area (Å²) in [5.41, 5.74) is 2.69. The molecule has 0 N–H and O–H groups in total. The van der Waals surface area contributed by atoms with E-state index in [1.165, 1.54) is 28.9 Å². The highest BCUT2D eigenvalue weighted by Gasteiger charge is 2.24. The van der Waals surface area contributed by atoms with Crippen molar-refractivity contribution in [1.82, 2.24) is 9.47 Å². The van der Waals surface area contributed by atoms with E-state index >= 15 is 0 Å². The molecule has 22 heavy (non-hydrogen) atoms. The Morgan fingerprint density at radius 2 is 1.95 bits per heavy atom. The summed E-state index contributed by atoms with van der Waals surface area (Å²) >= 11 is 0. The van der Waals surface area contributed by atoms with Gasteiger partial charge in [0.25, 0.3) is 11.5 Å². The summed E-state index contributed by atoms with van der Waals surface area (Å²) in [4.78, 5) is 26.3. The van der Waals surface area contributed by atoms with E-state index in [2.05, 4.69) is 6.07 Å². The lowest BCUT2D eigenvalue weighted by Gasteiger charge is -2.29. The number of aryl methyl sites for hydroxylation is 1. The molecule has 114 valence electrons. The number of rotatable bonds is 2. The first-order valence-corrected chi connectivity index (χ1v) is 7.21. The van der Waals surface area contributed by atoms with Gasteiger partial charge in [0.05, 0.1) is 12.7 Å². The Morgan fingerprint density at radius 1 is 1.23 bits per heavy atom. The summed E-state index contributed by atoms with van der Waals surface area (Å²) in [5.74, 6) is 0.217. The first-order chi connectivity index (χ1) is 10.6. The second-order valence-electron chi connectivity index (χ2n) is 5.45. The third kappa shape index (κ3) is 2.50. The van der Waals surface area contributed by atoms with Crippen molar-refractivity contribution in [2.75, 3.05) is 13.7 Å². The fraction of sp³-hybridized carbons (Fsp3) is 0.294. The first kappa shape index (κ1) is 14.4. The van der Waals surface area contributed by atoms with Crippen molar-refractivity contribution in [3.63, 3.8) is 0 Å². The highest BCUT2D eigenvalue weighted by molar-refractivity contribution is 5.96. The number of carbonyl (C=O) groups is 1. The highest BCUT2D eigenvalue weighted by Crippen LogP contribution is 2.23. The van der Waals surface area contributed by atoms with Gasteiger partial charge in [-0.15, -0.1) is 0 Å². The van der Waals surface area contributed by atoms with Crippen LogP contribution in [0.15, 0.2) is 41.3 Å². The van der Waals surface area contributed by atoms with Crippen molar-refractivity contribution in [3.05, 3.63) is 63.6 Å². The molecular formula is C17H18N2O3. The Hall–Kier alpha value is -2.56. The molecule has 0 radical (unpaired) electrons. The van der Waals surface area contributed by atoms with Gasteiger partial charge in [-0.05, 0) is 17.5 Å². The van der Waals surface area contributed by atoms with Crippen LogP contribution in [-0.2, 0) is 20.0 Å². The number of hydrogen-bond donors (Lipinski definition) is 0. The predicted octanol–water partition coefficient (Wildman–Crippen LogP) is 1.59. The Morgan fingerprint density at radius 3 is 2.68 bits per heavy atom. The fourth-order valence-corrected chi connectivity index (χ4v) is 2.78. The van der Waals surface area contributed by atoms with E-state index in [0.29, 0.717) is 24.4 Å². The lowest BCUT2D eigenvalue weighted by atomic mass is 9.99. The fourth-order valence-electron chi connectivity index (χ4n) is 2.78. The van der Waals surface area contributed by atoms with Crippen molar-refractivity contribution < 1.29 is 9.53 Å². The van der Waals surface area contributed by atoms with Crippen LogP contribution in [0.3, 0.4) is 0 Å². The summed E-state index contributed by atoms with van der Waals surface area (Å²) in [6.45, 7) is 1.25. The van der Waals surface area contributed by atoms with Crippen LogP contribution in [0, 0.1) is 0 Å². The minimum atomic E-state index is -0.197. The molecule has 1 amide bonds. The van der Waals surface area contributed by atoms with Gasteiger partial charge in [-0.2, -0.15) is 0 Å². The number of methoxy groups -OCH3 is 1. The molecule has 1 aliphatic heterocycles. The maximum absolute atomic E-state index is 12.8. The van der Waals surface area contributed by atoms with Gasteiger partial charge >= 0.3 is 0 Å². The van der Waals surface area contributed by atoms with Crippen LogP contribution in [0.5, 0.6) is 5.75 Å². The molecule has 0 aliphatic carbocycles. The van der Waals surface area contributed by atoms with Crippen molar-refractivity contribution >= 4 is 5.91 Å². The Kier molecular flexibility index (Phi) is 3.71. The van der Waals surface area contributed by atoms with E-state index in [-0.39, 0.29) is 11.5 Å². The third-order valence-corrected chi connectivity index (χ3v) is 4.06. The van der Waals surface area contributed by atoms with Crippen LogP contribution in [-0.4, -0.2) is 29.0 Å². The van der Waals surface area contributed by atoms with Gasteiger partial charge < -0.3 is 14.2 Å². The standard InChI is InChI=1S/C17H18N2O3/c1-18-11-14(15(22-2)9-16(18)20)17(21)19-8-7-12-5-3-4-6-13(12)10-19/h3-6,9,11H,7-8,10H2,1-2H3. The molecule has 3 rings (SSSR count). The second kappa shape index (κ2) is 5.67. The first-order valence-electron chi connectivity index (χ1n) is 7.21. The van der Waals surface area contributed by atoms with Gasteiger partial charge in [0.1, 0.15) is 5.75 Å². The van der Waals surface area contributed by atoms with Gasteiger partial charge in [-0.1, -0.05) is 24.3 Å². The average Bonchev–Trinajstić information content (AvgIpc) is 2.55. The van der Waals surface area contributed by atoms with E-state index in [0.717, 1.165) is 6.42 Å². The quantitative estimate of drug-likeness (QED) is 0.846. The largest absolute Gasteiger partial charge is 0.496 e. The molecule has 0 saturated carbocycles. The van der Waals surface area contributed by atoms with Crippen LogP contribution in [0.1, 0.15) is 21.5 Å². The monoisotopic (exact) mass is 298 g/mol. The molecule has 0 bridgehead atoms. The topological polar surface area (TPSA) is 51.5 Å². The van der Waals surface area contributed by atoms with Crippen LogP contribution in [0.25, 0.3) is 0 Å². The van der Waals surface area contributed by atoms with E-state index < -0.39 is 0 Å². The zero-order valence-corrected chi connectivity index (χ0v) is 12.7. The Balaban J connectivity index is 1.93. The van der Waals surface area contributed by atoms with E-state index in [4.69, 9.17) is 4.74 Å². The molecule has 0 unspecified atom stereocenters. The van der Waals surface area contributed by atoms with Crippen LogP contribution in [0.4, 0.5) is 0 Å². The maximum Gasteiger partial charge on any atom is 0.259 e. The molecule has 5 nitrogen and oxygen atoms in total. The molecule has 0 saturated heterocycles. The number of carbonyl (C=O) groups excluding carboxylic acids is 1. The summed E-state index contributed by atoms with van der Waals surface area (Å²) in [6, 6.07) is 9.51. The minimum Gasteiger partial charge on any atom is -0.496 e. The Bertz CT molecular complexity index is 780. The molecule has 0 spiro atoms. The maximum atomic E-state index is 12.8. The molecule has 0 fully saturated rings. The summed E-state index contributed by atoms with van der Waals surface area (Å²) in [5, 5.41) is 0. The van der Waals surface area contributed by atoms with Crippen LogP contribution < -0.4 is 10.3 Å². The number of amides is 1. The Labute approximate surface area is 128 Å². The predicted molar refractivity (Wildman–Crippen MR) is 83.1 cm³/mol. The van der Waals surface area contributed by atoms with E-state index in [9.17, 15) is 9.59 Å². The molecule has 5 heteroatoms. The van der Waals surface area contributed by atoms with Crippen molar-refractivity contribution in [1.29, 1.82) is 0 Å². The molecule has 2 aromatic rings. The van der Waals surface area contributed by atoms with E-state index in [1.54, 1.807) is 18.1 Å². The van der Waals surface area contributed by atoms with Gasteiger partial charge in [-0.3, -0.25) is 9.59 Å². The zero-order valence-electron chi connectivity index (χ0n) is 12.7. The molecule has 1 aromatic heterocycles. The molecular weight excluding hydrogens is 280 g/mol. The molecule has 0 atom stereocenters. The van der Waals surface area contributed by atoms with Crippen molar-refractivity contribution in [3.8, 4) is 5.75 Å². The van der Waals surface area contributed by atoms with Crippen LogP contribution >= 0.6 is 0 Å². The van der Waals surface area contributed by atoms with Gasteiger partial charge in [-0.25, -0.2) is 0 Å². The number of hydrogen-bond acceptors (Lipinski definition) is 3. The van der Waals surface area contributed by atoms with Crippen molar-refractivity contribution in [2.45, 2.75) is 13.0 Å². The van der Waals surface area contributed by atoms with Gasteiger partial charge in [0.15, 0.2) is 0 Å². The van der Waals surface area contributed by atoms with Crippen molar-refractivity contribution in [2.24, 2.45) is 7.05 Å². The zero-order chi connectivity index (χ0) is 15.7. The van der Waals surface area contributed by atoms with E-state index in [1.807, 2.05) is 18.2 Å². The molecule has 1 aromatic carbocycles. The lowest BCUT2D eigenvalue weighted by Crippen LogP contribution is -2.36. The summed E-state index contributed by atoms with van der Waals surface area (Å²) in [6.07, 6.45) is 2.39. The number of pyridine rings is 1. The van der Waals surface area contributed by atoms with Gasteiger partial charge in [0.2, 0.25) is 0 Å². The molecule has 2 heterocycles. The summed E-state index contributed by atoms with van der Waals surface area (Å²) in [7, 11) is 3.10. The smallest absolute Gasteiger partial charge is 0.259 e. The average molecular weight is 298 g/mol. The number of benzene rings is 1. The minimum absolute atomic E-state index is 0.109. The summed E-state index contributed by atoms with van der Waals surface area (Å²) < 4.78 is 6.60. The number of fused-ring (bicyclic) bond motifs is 1. The third-order valence-electron chi connectivity index (χ3n) is 4.06. The SMILES string of the molecule is COc1cc(=O)n(C)cc1C(=O)N1CCc2ccccc2C1. The normalized spacial score (nSPS) is 13.6. The highest BCUT2D eigenvalue weighted by atomic mass is 16.5. The number of nitrogens with zero attached hydrogens (tertiary/aromatic N) is 2.